The van der Waals surface area contributed by atoms with Gasteiger partial charge in [-0.1, -0.05) is 0 Å². The van der Waals surface area contributed by atoms with Gasteiger partial charge in [-0.2, -0.15) is 0 Å². The minimum absolute atomic E-state index is 0.639. The predicted molar refractivity (Wildman–Crippen MR) is 69.3 cm³/mol. The summed E-state index contributed by atoms with van der Waals surface area (Å²) in [5.41, 5.74) is 1.15. The van der Waals surface area contributed by atoms with Crippen LogP contribution >= 0.6 is 15.9 Å². The average Bonchev–Trinajstić information content (AvgIpc) is 2.48. The van der Waals surface area contributed by atoms with Gasteiger partial charge in [0.15, 0.2) is 0 Å². The van der Waals surface area contributed by atoms with Crippen LogP contribution in [0.3, 0.4) is 0 Å². The SMILES string of the molecule is CC1CCNCCN1Cc1ccc(Br)cn1. The zero-order valence-electron chi connectivity index (χ0n) is 9.62. The van der Waals surface area contributed by atoms with Crippen molar-refractivity contribution in [3.8, 4) is 0 Å². The van der Waals surface area contributed by atoms with Crippen molar-refractivity contribution < 1.29 is 0 Å². The molecule has 1 atom stereocenters. The third kappa shape index (κ3) is 3.27. The Labute approximate surface area is 105 Å². The molecule has 2 rings (SSSR count). The molecule has 88 valence electrons. The standard InChI is InChI=1S/C12H18BrN3/c1-10-4-5-14-6-7-16(10)9-12-3-2-11(13)8-15-12/h2-3,8,10,14H,4-7,9H2,1H3. The van der Waals surface area contributed by atoms with Gasteiger partial charge in [-0.15, -0.1) is 0 Å². The molecule has 2 heterocycles. The summed E-state index contributed by atoms with van der Waals surface area (Å²) in [4.78, 5) is 6.92. The third-order valence-corrected chi connectivity index (χ3v) is 3.56. The summed E-state index contributed by atoms with van der Waals surface area (Å²) in [6.45, 7) is 6.58. The number of nitrogens with zero attached hydrogens (tertiary/aromatic N) is 2. The molecule has 0 amide bonds. The van der Waals surface area contributed by atoms with Crippen LogP contribution < -0.4 is 5.32 Å². The van der Waals surface area contributed by atoms with Gasteiger partial charge in [0.05, 0.1) is 5.69 Å². The molecule has 1 saturated heterocycles. The summed E-state index contributed by atoms with van der Waals surface area (Å²) >= 11 is 3.41. The van der Waals surface area contributed by atoms with E-state index in [4.69, 9.17) is 0 Å². The second-order valence-corrected chi connectivity index (χ2v) is 5.24. The average molecular weight is 284 g/mol. The molecule has 4 heteroatoms. The molecular formula is C12H18BrN3. The molecule has 1 unspecified atom stereocenters. The molecule has 1 aliphatic rings. The topological polar surface area (TPSA) is 28.2 Å². The van der Waals surface area contributed by atoms with Crippen LogP contribution in [0.4, 0.5) is 0 Å². The summed E-state index contributed by atoms with van der Waals surface area (Å²) in [6.07, 6.45) is 3.09. The monoisotopic (exact) mass is 283 g/mol. The van der Waals surface area contributed by atoms with E-state index < -0.39 is 0 Å². The molecule has 1 fully saturated rings. The molecule has 1 aliphatic heterocycles. The number of halogens is 1. The van der Waals surface area contributed by atoms with E-state index in [1.54, 1.807) is 0 Å². The summed E-state index contributed by atoms with van der Waals surface area (Å²) in [7, 11) is 0. The van der Waals surface area contributed by atoms with Gasteiger partial charge < -0.3 is 5.32 Å². The fourth-order valence-corrected chi connectivity index (χ4v) is 2.24. The molecule has 1 aromatic rings. The van der Waals surface area contributed by atoms with Gasteiger partial charge >= 0.3 is 0 Å². The third-order valence-electron chi connectivity index (χ3n) is 3.09. The first kappa shape index (κ1) is 12.0. The Hall–Kier alpha value is -0.450. The van der Waals surface area contributed by atoms with E-state index >= 15 is 0 Å². The molecule has 0 saturated carbocycles. The summed E-state index contributed by atoms with van der Waals surface area (Å²) < 4.78 is 1.04. The van der Waals surface area contributed by atoms with Gasteiger partial charge in [-0.25, -0.2) is 0 Å². The van der Waals surface area contributed by atoms with Crippen LogP contribution in [0, 0.1) is 0 Å². The molecule has 1 aromatic heterocycles. The van der Waals surface area contributed by atoms with Crippen molar-refractivity contribution in [3.05, 3.63) is 28.5 Å². The summed E-state index contributed by atoms with van der Waals surface area (Å²) in [5.74, 6) is 0. The first-order valence-electron chi connectivity index (χ1n) is 5.81. The summed E-state index contributed by atoms with van der Waals surface area (Å²) in [6, 6.07) is 4.79. The van der Waals surface area contributed by atoms with E-state index in [0.29, 0.717) is 6.04 Å². The van der Waals surface area contributed by atoms with Gasteiger partial charge in [-0.3, -0.25) is 9.88 Å². The molecule has 0 radical (unpaired) electrons. The van der Waals surface area contributed by atoms with Gasteiger partial charge in [0.2, 0.25) is 0 Å². The lowest BCUT2D eigenvalue weighted by molar-refractivity contribution is 0.209. The molecule has 0 spiro atoms. The lowest BCUT2D eigenvalue weighted by atomic mass is 10.2. The first-order chi connectivity index (χ1) is 7.75. The Morgan fingerprint density at radius 1 is 1.50 bits per heavy atom. The number of rotatable bonds is 2. The lowest BCUT2D eigenvalue weighted by Crippen LogP contribution is -2.33. The maximum absolute atomic E-state index is 4.43. The molecule has 3 nitrogen and oxygen atoms in total. The van der Waals surface area contributed by atoms with Crippen LogP contribution in [0.1, 0.15) is 19.0 Å². The minimum Gasteiger partial charge on any atom is -0.315 e. The van der Waals surface area contributed by atoms with Gasteiger partial charge in [0, 0.05) is 36.3 Å². The van der Waals surface area contributed by atoms with Crippen LogP contribution in [0.25, 0.3) is 0 Å². The van der Waals surface area contributed by atoms with Crippen LogP contribution in [0.2, 0.25) is 0 Å². The largest absolute Gasteiger partial charge is 0.315 e. The van der Waals surface area contributed by atoms with E-state index in [1.165, 1.54) is 6.42 Å². The Morgan fingerprint density at radius 2 is 2.38 bits per heavy atom. The van der Waals surface area contributed by atoms with Gasteiger partial charge in [0.25, 0.3) is 0 Å². The van der Waals surface area contributed by atoms with Crippen molar-refractivity contribution in [2.45, 2.75) is 25.9 Å². The van der Waals surface area contributed by atoms with E-state index in [1.807, 2.05) is 6.20 Å². The van der Waals surface area contributed by atoms with Crippen molar-refractivity contribution in [1.82, 2.24) is 15.2 Å². The van der Waals surface area contributed by atoms with E-state index in [0.717, 1.165) is 36.3 Å². The molecule has 0 aromatic carbocycles. The van der Waals surface area contributed by atoms with Crippen molar-refractivity contribution in [3.63, 3.8) is 0 Å². The first-order valence-corrected chi connectivity index (χ1v) is 6.60. The Balaban J connectivity index is 1.99. The normalized spacial score (nSPS) is 23.0. The van der Waals surface area contributed by atoms with Crippen molar-refractivity contribution in [1.29, 1.82) is 0 Å². The van der Waals surface area contributed by atoms with Gasteiger partial charge in [0.1, 0.15) is 0 Å². The second-order valence-electron chi connectivity index (χ2n) is 4.33. The van der Waals surface area contributed by atoms with Crippen LogP contribution in [-0.2, 0) is 6.54 Å². The van der Waals surface area contributed by atoms with E-state index in [9.17, 15) is 0 Å². The Bertz CT molecular complexity index is 326. The molecule has 0 bridgehead atoms. The quantitative estimate of drug-likeness (QED) is 0.900. The molecular weight excluding hydrogens is 266 g/mol. The smallest absolute Gasteiger partial charge is 0.0544 e. The van der Waals surface area contributed by atoms with Gasteiger partial charge in [-0.05, 0) is 48.0 Å². The molecule has 1 N–H and O–H groups in total. The maximum atomic E-state index is 4.43. The zero-order valence-corrected chi connectivity index (χ0v) is 11.2. The van der Waals surface area contributed by atoms with Crippen molar-refractivity contribution >= 4 is 15.9 Å². The predicted octanol–water partition coefficient (Wildman–Crippen LogP) is 2.03. The fourth-order valence-electron chi connectivity index (χ4n) is 2.00. The van der Waals surface area contributed by atoms with E-state index in [-0.39, 0.29) is 0 Å². The molecule has 0 aliphatic carbocycles. The fraction of sp³-hybridized carbons (Fsp3) is 0.583. The minimum atomic E-state index is 0.639. The lowest BCUT2D eigenvalue weighted by Gasteiger charge is -2.25. The second kappa shape index (κ2) is 5.75. The molecule has 16 heavy (non-hydrogen) atoms. The number of hydrogen-bond donors (Lipinski definition) is 1. The highest BCUT2D eigenvalue weighted by Gasteiger charge is 2.16. The Kier molecular flexibility index (Phi) is 4.32. The van der Waals surface area contributed by atoms with E-state index in [2.05, 4.69) is 50.2 Å². The highest BCUT2D eigenvalue weighted by atomic mass is 79.9. The number of hydrogen-bond acceptors (Lipinski definition) is 3. The number of aromatic nitrogens is 1. The van der Waals surface area contributed by atoms with Crippen LogP contribution in [0.5, 0.6) is 0 Å². The van der Waals surface area contributed by atoms with Crippen molar-refractivity contribution in [2.24, 2.45) is 0 Å². The maximum Gasteiger partial charge on any atom is 0.0544 e. The summed E-state index contributed by atoms with van der Waals surface area (Å²) in [5, 5.41) is 3.43. The van der Waals surface area contributed by atoms with Crippen LogP contribution in [0.15, 0.2) is 22.8 Å². The number of pyridine rings is 1. The van der Waals surface area contributed by atoms with Crippen LogP contribution in [-0.4, -0.2) is 35.6 Å². The highest BCUT2D eigenvalue weighted by molar-refractivity contribution is 9.10. The van der Waals surface area contributed by atoms with Crippen molar-refractivity contribution in [2.75, 3.05) is 19.6 Å². The number of nitrogens with one attached hydrogen (secondary N) is 1. The zero-order chi connectivity index (χ0) is 11.4. The Morgan fingerprint density at radius 3 is 3.12 bits per heavy atom. The highest BCUT2D eigenvalue weighted by Crippen LogP contribution is 2.12.